The molecule has 0 spiro atoms. The molecule has 6 atom stereocenters. The van der Waals surface area contributed by atoms with Crippen LogP contribution in [0.25, 0.3) is 10.1 Å². The number of amides is 10. The average Bonchev–Trinajstić information content (AvgIpc) is 4.30. The second kappa shape index (κ2) is 25.4. The van der Waals surface area contributed by atoms with Gasteiger partial charge in [0.2, 0.25) is 41.4 Å². The van der Waals surface area contributed by atoms with Gasteiger partial charge in [0.05, 0.1) is 18.5 Å². The molecule has 84 heavy (non-hydrogen) atoms. The maximum Gasteiger partial charge on any atom is 0.409 e. The molecule has 0 bridgehead atoms. The third kappa shape index (κ3) is 13.1. The fourth-order valence-electron chi connectivity index (χ4n) is 11.5. The highest BCUT2D eigenvalue weighted by molar-refractivity contribution is 7.52. The molecule has 1 aromatic heterocycles. The van der Waals surface area contributed by atoms with Crippen molar-refractivity contribution in [1.29, 1.82) is 0 Å². The van der Waals surface area contributed by atoms with E-state index < -0.39 is 109 Å². The molecule has 5 aliphatic heterocycles. The van der Waals surface area contributed by atoms with E-state index in [0.717, 1.165) is 42.6 Å². The molecule has 0 saturated carbocycles. The Morgan fingerprint density at radius 3 is 2.35 bits per heavy atom. The lowest BCUT2D eigenvalue weighted by atomic mass is 9.91. The van der Waals surface area contributed by atoms with Crippen molar-refractivity contribution in [3.05, 3.63) is 105 Å². The summed E-state index contributed by atoms with van der Waals surface area (Å²) in [5.41, 5.74) is 2.36. The lowest BCUT2D eigenvalue weighted by molar-refractivity contribution is -0.144. The molecule has 3 aromatic carbocycles. The quantitative estimate of drug-likeness (QED) is 0.0480. The van der Waals surface area contributed by atoms with Gasteiger partial charge in [-0.25, -0.2) is 4.79 Å². The van der Waals surface area contributed by atoms with Crippen LogP contribution in [0.4, 0.5) is 13.6 Å². The largest absolute Gasteiger partial charge is 0.453 e. The first-order valence-electron chi connectivity index (χ1n) is 27.4. The maximum absolute atomic E-state index is 14.7. The molecule has 5 aliphatic rings. The first kappa shape index (κ1) is 60.5. The number of benzene rings is 3. The summed E-state index contributed by atoms with van der Waals surface area (Å²) in [5, 5.41) is 10.5. The van der Waals surface area contributed by atoms with Crippen molar-refractivity contribution in [2.24, 2.45) is 11.7 Å². The van der Waals surface area contributed by atoms with Crippen LogP contribution in [-0.2, 0) is 55.1 Å². The fraction of sp³-hybridized carbons (Fsp3) is 0.439. The average molecular weight is 1200 g/mol. The molecule has 4 saturated heterocycles. The van der Waals surface area contributed by atoms with Crippen molar-refractivity contribution in [3.8, 4) is 11.8 Å². The van der Waals surface area contributed by atoms with E-state index in [0.29, 0.717) is 53.7 Å². The molecule has 0 radical (unpaired) electrons. The number of piperidine rings is 2. The van der Waals surface area contributed by atoms with E-state index in [1.54, 1.807) is 47.4 Å². The van der Waals surface area contributed by atoms with Crippen LogP contribution in [0.2, 0.25) is 0 Å². The standard InChI is InChI=1S/C57H62F2N9O14PS/c1-82-56(78)66-27-24-37-15-17-43(68(37)54(76)41(31-66)62-52(74)45-29-35-28-36(14-19-44(35)84-45)57(58,59)83(79,80)81)51(73)61-40(16-20-46(60)69)49(71)64-48(34-10-3-2-4-11-34)55(77)65-25-22-32(23-26-65)8-5-6-9-33-12-7-13-38-39(33)30-67(53(38)75)42-18-21-47(70)63-50(42)72/h2-4,7,10-14,19,28-29,32,37,40-43,48H,5,8,15-18,20-27,30-31H2,1H3,(H2,60,69)(H,61,73)(H,62,74)(H,64,71)(H,63,70,72)(H2,79,80,81)/t37-,40?,41+,42?,43+,48?/m1/s1. The van der Waals surface area contributed by atoms with Gasteiger partial charge >= 0.3 is 19.4 Å². The molecule has 4 aromatic rings. The number of imide groups is 1. The molecule has 8 N–H and O–H groups in total. The van der Waals surface area contributed by atoms with Crippen molar-refractivity contribution in [1.82, 2.24) is 40.9 Å². The van der Waals surface area contributed by atoms with Crippen LogP contribution < -0.4 is 27.0 Å². The maximum atomic E-state index is 14.7. The molecule has 444 valence electrons. The van der Waals surface area contributed by atoms with Crippen LogP contribution in [-0.4, -0.2) is 152 Å². The molecule has 0 aliphatic carbocycles. The number of methoxy groups -OCH3 is 1. The van der Waals surface area contributed by atoms with Gasteiger partial charge in [-0.2, -0.15) is 8.78 Å². The van der Waals surface area contributed by atoms with Gasteiger partial charge in [0, 0.05) is 72.9 Å². The SMILES string of the molecule is COC(=O)N1CC[C@H]2CC[C@@H](C(=O)NC(CCC(N)=O)C(=O)NC(C(=O)N3CCC(CCC#Cc4cccc5c4CN(C4CCC(=O)NC4=O)C5=O)CC3)c3ccccc3)N2C(=O)[C@@H](NC(=O)c2cc3cc(C(F)(F)P(=O)(O)O)ccc3s2)C1. The molecule has 27 heteroatoms. The molecule has 4 fully saturated rings. The number of fused-ring (bicyclic) bond motifs is 3. The number of carbonyl (C=O) groups is 10. The predicted octanol–water partition coefficient (Wildman–Crippen LogP) is 3.50. The van der Waals surface area contributed by atoms with Gasteiger partial charge < -0.3 is 55.8 Å². The lowest BCUT2D eigenvalue weighted by Gasteiger charge is -2.38. The molecular formula is C57H62F2N9O14PS. The topological polar surface area (TPSA) is 325 Å². The first-order chi connectivity index (χ1) is 40.0. The highest BCUT2D eigenvalue weighted by atomic mass is 32.1. The molecule has 6 heterocycles. The molecular weight excluding hydrogens is 1140 g/mol. The van der Waals surface area contributed by atoms with E-state index in [1.807, 2.05) is 6.07 Å². The Morgan fingerprint density at radius 2 is 1.64 bits per heavy atom. The number of halogens is 2. The number of ether oxygens (including phenoxy) is 1. The minimum Gasteiger partial charge on any atom is -0.453 e. The Kier molecular flexibility index (Phi) is 18.3. The van der Waals surface area contributed by atoms with Crippen LogP contribution in [0, 0.1) is 17.8 Å². The Bertz CT molecular complexity index is 3410. The van der Waals surface area contributed by atoms with Gasteiger partial charge in [-0.05, 0) is 104 Å². The summed E-state index contributed by atoms with van der Waals surface area (Å²) < 4.78 is 46.1. The van der Waals surface area contributed by atoms with Gasteiger partial charge in [0.15, 0.2) is 0 Å². The fourth-order valence-corrected chi connectivity index (χ4v) is 13.0. The van der Waals surface area contributed by atoms with Crippen molar-refractivity contribution in [3.63, 3.8) is 0 Å². The highest BCUT2D eigenvalue weighted by Gasteiger charge is 2.51. The number of nitrogens with one attached hydrogen (secondary N) is 4. The zero-order chi connectivity index (χ0) is 60.2. The Labute approximate surface area is 484 Å². The van der Waals surface area contributed by atoms with Gasteiger partial charge in [-0.1, -0.05) is 54.3 Å². The van der Waals surface area contributed by atoms with Crippen LogP contribution in [0.1, 0.15) is 119 Å². The second-order valence-corrected chi connectivity index (χ2v) is 24.2. The number of nitrogens with two attached hydrogens (primary N) is 1. The van der Waals surface area contributed by atoms with Crippen LogP contribution in [0.15, 0.2) is 72.8 Å². The third-order valence-electron chi connectivity index (χ3n) is 16.1. The monoisotopic (exact) mass is 1200 g/mol. The van der Waals surface area contributed by atoms with Gasteiger partial charge in [-0.3, -0.25) is 53.0 Å². The summed E-state index contributed by atoms with van der Waals surface area (Å²) in [6.45, 7) is 0.546. The van der Waals surface area contributed by atoms with Gasteiger partial charge in [0.25, 0.3) is 11.8 Å². The number of nitrogens with zero attached hydrogens (tertiary/aromatic N) is 4. The number of likely N-dealkylation sites (tertiary alicyclic amines) is 1. The van der Waals surface area contributed by atoms with Crippen molar-refractivity contribution in [2.75, 3.05) is 33.3 Å². The van der Waals surface area contributed by atoms with E-state index in [9.17, 15) is 71.1 Å². The number of alkyl halides is 2. The van der Waals surface area contributed by atoms with Crippen LogP contribution in [0.5, 0.6) is 0 Å². The second-order valence-electron chi connectivity index (χ2n) is 21.4. The summed E-state index contributed by atoms with van der Waals surface area (Å²) in [5.74, 6) is 1.08. The van der Waals surface area contributed by atoms with Crippen molar-refractivity contribution >= 4 is 88.3 Å². The summed E-state index contributed by atoms with van der Waals surface area (Å²) in [6.07, 6.45) is 2.02. The smallest absolute Gasteiger partial charge is 0.409 e. The van der Waals surface area contributed by atoms with Crippen molar-refractivity contribution in [2.45, 2.75) is 119 Å². The van der Waals surface area contributed by atoms with E-state index in [2.05, 4.69) is 33.1 Å². The van der Waals surface area contributed by atoms with Crippen molar-refractivity contribution < 1.29 is 75.8 Å². The first-order valence-corrected chi connectivity index (χ1v) is 29.9. The highest BCUT2D eigenvalue weighted by Crippen LogP contribution is 2.59. The third-order valence-corrected chi connectivity index (χ3v) is 18.2. The number of carbonyl (C=O) groups excluding carboxylic acids is 10. The normalized spacial score (nSPS) is 21.0. The Hall–Kier alpha value is -8.11. The Balaban J connectivity index is 0.849. The summed E-state index contributed by atoms with van der Waals surface area (Å²) in [7, 11) is -4.78. The molecule has 9 rings (SSSR count). The number of thiophene rings is 1. The predicted molar refractivity (Wildman–Crippen MR) is 297 cm³/mol. The minimum absolute atomic E-state index is 0.0322. The molecule has 3 unspecified atom stereocenters. The zero-order valence-electron chi connectivity index (χ0n) is 45.6. The van der Waals surface area contributed by atoms with E-state index in [1.165, 1.54) is 26.8 Å². The molecule has 23 nitrogen and oxygen atoms in total. The number of primary amides is 1. The molecule has 10 amide bonds. The number of hydrogen-bond donors (Lipinski definition) is 7. The summed E-state index contributed by atoms with van der Waals surface area (Å²) in [6, 6.07) is 11.0. The summed E-state index contributed by atoms with van der Waals surface area (Å²) >= 11 is 0.840. The number of hydrogen-bond acceptors (Lipinski definition) is 13. The zero-order valence-corrected chi connectivity index (χ0v) is 47.3. The van der Waals surface area contributed by atoms with Gasteiger partial charge in [-0.15, -0.1) is 11.3 Å². The van der Waals surface area contributed by atoms with Gasteiger partial charge in [0.1, 0.15) is 30.2 Å². The number of rotatable bonds is 16. The van der Waals surface area contributed by atoms with Crippen LogP contribution in [0.3, 0.4) is 0 Å². The summed E-state index contributed by atoms with van der Waals surface area (Å²) in [4.78, 5) is 159. The Morgan fingerprint density at radius 1 is 0.905 bits per heavy atom. The van der Waals surface area contributed by atoms with E-state index in [4.69, 9.17) is 10.5 Å². The van der Waals surface area contributed by atoms with E-state index >= 15 is 0 Å². The minimum atomic E-state index is -5.91. The van der Waals surface area contributed by atoms with Crippen LogP contribution >= 0.6 is 18.9 Å². The van der Waals surface area contributed by atoms with E-state index in [-0.39, 0.29) is 86.0 Å². The lowest BCUT2D eigenvalue weighted by Crippen LogP contribution is -2.62.